The second kappa shape index (κ2) is 4.91. The number of benzene rings is 1. The Balaban J connectivity index is 2.80. The largest absolute Gasteiger partial charge is 0.468 e. The fourth-order valence-electron chi connectivity index (χ4n) is 1.28. The summed E-state index contributed by atoms with van der Waals surface area (Å²) in [4.78, 5) is 11.2. The van der Waals surface area contributed by atoms with E-state index < -0.39 is 18.1 Å². The van der Waals surface area contributed by atoms with Gasteiger partial charge in [-0.05, 0) is 12.5 Å². The molecule has 4 N–H and O–H groups in total. The van der Waals surface area contributed by atoms with Crippen LogP contribution >= 0.6 is 0 Å². The average Bonchev–Trinajstić information content (AvgIpc) is 2.27. The van der Waals surface area contributed by atoms with E-state index in [4.69, 9.17) is 11.5 Å². The molecule has 0 bridgehead atoms. The summed E-state index contributed by atoms with van der Waals surface area (Å²) in [5.41, 5.74) is 13.4. The van der Waals surface area contributed by atoms with Crippen LogP contribution in [0.4, 0.5) is 0 Å². The number of carbonyl (C=O) groups is 1. The van der Waals surface area contributed by atoms with E-state index in [1.165, 1.54) is 7.11 Å². The van der Waals surface area contributed by atoms with Crippen LogP contribution in [0.1, 0.15) is 17.2 Å². The van der Waals surface area contributed by atoms with Crippen LogP contribution in [0.25, 0.3) is 0 Å². The molecular formula is C11H16N2O2. The molecule has 1 rings (SSSR count). The molecule has 0 saturated carbocycles. The van der Waals surface area contributed by atoms with E-state index in [0.29, 0.717) is 0 Å². The van der Waals surface area contributed by atoms with Crippen molar-refractivity contribution >= 4 is 5.97 Å². The highest BCUT2D eigenvalue weighted by Gasteiger charge is 2.23. The summed E-state index contributed by atoms with van der Waals surface area (Å²) in [6, 6.07) is 6.24. The summed E-state index contributed by atoms with van der Waals surface area (Å²) in [5, 5.41) is 0. The van der Waals surface area contributed by atoms with Crippen LogP contribution in [0.3, 0.4) is 0 Å². The number of esters is 1. The molecule has 0 aliphatic carbocycles. The number of aryl methyl sites for hydroxylation is 1. The first-order valence-corrected chi connectivity index (χ1v) is 4.72. The number of carbonyl (C=O) groups excluding carboxylic acids is 1. The molecule has 0 unspecified atom stereocenters. The molecule has 0 heterocycles. The zero-order chi connectivity index (χ0) is 11.4. The summed E-state index contributed by atoms with van der Waals surface area (Å²) in [6.45, 7) is 1.98. The van der Waals surface area contributed by atoms with Crippen molar-refractivity contribution in [1.29, 1.82) is 0 Å². The zero-order valence-corrected chi connectivity index (χ0v) is 8.94. The van der Waals surface area contributed by atoms with E-state index in [1.807, 2.05) is 31.2 Å². The summed E-state index contributed by atoms with van der Waals surface area (Å²) in [6.07, 6.45) is 0. The van der Waals surface area contributed by atoms with Crippen LogP contribution in [0, 0.1) is 6.92 Å². The Morgan fingerprint density at radius 3 is 2.27 bits per heavy atom. The molecule has 0 aromatic heterocycles. The first-order valence-electron chi connectivity index (χ1n) is 4.72. The molecule has 1 aromatic carbocycles. The topological polar surface area (TPSA) is 78.3 Å². The monoisotopic (exact) mass is 208 g/mol. The number of hydrogen-bond donors (Lipinski definition) is 2. The maximum atomic E-state index is 11.2. The van der Waals surface area contributed by atoms with Gasteiger partial charge in [-0.1, -0.05) is 29.8 Å². The third kappa shape index (κ3) is 2.78. The van der Waals surface area contributed by atoms with Crippen molar-refractivity contribution < 1.29 is 9.53 Å². The van der Waals surface area contributed by atoms with Gasteiger partial charge in [0.25, 0.3) is 0 Å². The molecule has 0 aliphatic heterocycles. The maximum Gasteiger partial charge on any atom is 0.324 e. The lowest BCUT2D eigenvalue weighted by Crippen LogP contribution is -2.41. The lowest BCUT2D eigenvalue weighted by molar-refractivity contribution is -0.142. The van der Waals surface area contributed by atoms with Crippen LogP contribution in [0.15, 0.2) is 24.3 Å². The van der Waals surface area contributed by atoms with Gasteiger partial charge in [0.15, 0.2) is 0 Å². The van der Waals surface area contributed by atoms with Gasteiger partial charge in [0.1, 0.15) is 6.04 Å². The smallest absolute Gasteiger partial charge is 0.324 e. The van der Waals surface area contributed by atoms with E-state index in [2.05, 4.69) is 4.74 Å². The third-order valence-electron chi connectivity index (χ3n) is 2.32. The van der Waals surface area contributed by atoms with Crippen LogP contribution < -0.4 is 11.5 Å². The summed E-state index contributed by atoms with van der Waals surface area (Å²) < 4.78 is 4.53. The van der Waals surface area contributed by atoms with Gasteiger partial charge < -0.3 is 16.2 Å². The third-order valence-corrected chi connectivity index (χ3v) is 2.32. The van der Waals surface area contributed by atoms with Gasteiger partial charge in [-0.15, -0.1) is 0 Å². The number of ether oxygens (including phenoxy) is 1. The van der Waals surface area contributed by atoms with Gasteiger partial charge in [-0.25, -0.2) is 0 Å². The standard InChI is InChI=1S/C11H16N2O2/c1-7-3-5-8(6-4-7)9(12)10(13)11(14)15-2/h3-6,9-10H,12-13H2,1-2H3/t9-,10+/m0/s1. The predicted molar refractivity (Wildman–Crippen MR) is 58.1 cm³/mol. The van der Waals surface area contributed by atoms with Crippen molar-refractivity contribution in [3.8, 4) is 0 Å². The maximum absolute atomic E-state index is 11.2. The molecule has 0 spiro atoms. The van der Waals surface area contributed by atoms with Crippen LogP contribution in [-0.2, 0) is 9.53 Å². The fraction of sp³-hybridized carbons (Fsp3) is 0.364. The summed E-state index contributed by atoms with van der Waals surface area (Å²) in [7, 11) is 1.30. The Labute approximate surface area is 89.2 Å². The van der Waals surface area contributed by atoms with Crippen LogP contribution in [0.5, 0.6) is 0 Å². The normalized spacial score (nSPS) is 14.4. The molecule has 0 amide bonds. The molecule has 1 aromatic rings. The van der Waals surface area contributed by atoms with Gasteiger partial charge in [0, 0.05) is 0 Å². The highest BCUT2D eigenvalue weighted by atomic mass is 16.5. The van der Waals surface area contributed by atoms with Crippen molar-refractivity contribution in [3.05, 3.63) is 35.4 Å². The van der Waals surface area contributed by atoms with Crippen LogP contribution in [0.2, 0.25) is 0 Å². The molecule has 4 nitrogen and oxygen atoms in total. The minimum atomic E-state index is -0.822. The van der Waals surface area contributed by atoms with Gasteiger partial charge in [-0.3, -0.25) is 4.79 Å². The molecule has 0 saturated heterocycles. The van der Waals surface area contributed by atoms with E-state index in [0.717, 1.165) is 11.1 Å². The Hall–Kier alpha value is -1.39. The van der Waals surface area contributed by atoms with Crippen molar-refractivity contribution in [2.24, 2.45) is 11.5 Å². The second-order valence-corrected chi connectivity index (χ2v) is 3.49. The van der Waals surface area contributed by atoms with Gasteiger partial charge >= 0.3 is 5.97 Å². The molecule has 82 valence electrons. The highest BCUT2D eigenvalue weighted by Crippen LogP contribution is 2.14. The molecule has 15 heavy (non-hydrogen) atoms. The zero-order valence-electron chi connectivity index (χ0n) is 8.94. The van der Waals surface area contributed by atoms with Crippen molar-refractivity contribution in [1.82, 2.24) is 0 Å². The fourth-order valence-corrected chi connectivity index (χ4v) is 1.28. The number of hydrogen-bond acceptors (Lipinski definition) is 4. The number of rotatable bonds is 3. The SMILES string of the molecule is COC(=O)[C@H](N)[C@@H](N)c1ccc(C)cc1. The Kier molecular flexibility index (Phi) is 3.82. The highest BCUT2D eigenvalue weighted by molar-refractivity contribution is 5.76. The van der Waals surface area contributed by atoms with Crippen molar-refractivity contribution in [2.45, 2.75) is 19.0 Å². The second-order valence-electron chi connectivity index (χ2n) is 3.49. The minimum absolute atomic E-state index is 0.497. The van der Waals surface area contributed by atoms with E-state index in [1.54, 1.807) is 0 Å². The summed E-state index contributed by atoms with van der Waals surface area (Å²) >= 11 is 0. The van der Waals surface area contributed by atoms with E-state index >= 15 is 0 Å². The number of nitrogens with two attached hydrogens (primary N) is 2. The lowest BCUT2D eigenvalue weighted by atomic mass is 10.00. The minimum Gasteiger partial charge on any atom is -0.468 e. The van der Waals surface area contributed by atoms with E-state index in [-0.39, 0.29) is 0 Å². The Morgan fingerprint density at radius 1 is 1.27 bits per heavy atom. The first-order chi connectivity index (χ1) is 7.06. The van der Waals surface area contributed by atoms with Gasteiger partial charge in [0.05, 0.1) is 13.2 Å². The molecule has 2 atom stereocenters. The first kappa shape index (κ1) is 11.7. The Bertz CT molecular complexity index is 335. The quantitative estimate of drug-likeness (QED) is 0.709. The van der Waals surface area contributed by atoms with E-state index in [9.17, 15) is 4.79 Å². The van der Waals surface area contributed by atoms with Crippen molar-refractivity contribution in [3.63, 3.8) is 0 Å². The molecule has 4 heteroatoms. The average molecular weight is 208 g/mol. The number of methoxy groups -OCH3 is 1. The summed E-state index contributed by atoms with van der Waals surface area (Å²) in [5.74, 6) is -0.497. The predicted octanol–water partition coefficient (Wildman–Crippen LogP) is 0.495. The molecular weight excluding hydrogens is 192 g/mol. The van der Waals surface area contributed by atoms with Crippen LogP contribution in [-0.4, -0.2) is 19.1 Å². The molecule has 0 radical (unpaired) electrons. The Morgan fingerprint density at radius 2 is 1.80 bits per heavy atom. The van der Waals surface area contributed by atoms with Gasteiger partial charge in [0.2, 0.25) is 0 Å². The molecule has 0 aliphatic rings. The molecule has 0 fully saturated rings. The lowest BCUT2D eigenvalue weighted by Gasteiger charge is -2.17. The van der Waals surface area contributed by atoms with Crippen molar-refractivity contribution in [2.75, 3.05) is 7.11 Å². The van der Waals surface area contributed by atoms with Gasteiger partial charge in [-0.2, -0.15) is 0 Å².